The Bertz CT molecular complexity index is 358. The summed E-state index contributed by atoms with van der Waals surface area (Å²) >= 11 is 0. The summed E-state index contributed by atoms with van der Waals surface area (Å²) in [5.74, 6) is 0.865. The van der Waals surface area contributed by atoms with E-state index < -0.39 is 9.84 Å². The highest BCUT2D eigenvalue weighted by Crippen LogP contribution is 2.38. The van der Waals surface area contributed by atoms with Crippen LogP contribution in [0.1, 0.15) is 40.5 Å². The van der Waals surface area contributed by atoms with Gasteiger partial charge in [-0.3, -0.25) is 4.79 Å². The van der Waals surface area contributed by atoms with E-state index in [2.05, 4.69) is 13.8 Å². The second kappa shape index (κ2) is 4.86. The molecule has 0 N–H and O–H groups in total. The largest absolute Gasteiger partial charge is 0.300 e. The molecule has 3 nitrogen and oxygen atoms in total. The lowest BCUT2D eigenvalue weighted by Crippen LogP contribution is -2.40. The number of ketones is 1. The SMILES string of the molecule is CCS(=O)(=O)C1CC(C)C(C)C(C(C)=O)C1. The fourth-order valence-electron chi connectivity index (χ4n) is 2.69. The summed E-state index contributed by atoms with van der Waals surface area (Å²) in [6.07, 6.45) is 1.23. The first kappa shape index (κ1) is 13.7. The highest BCUT2D eigenvalue weighted by atomic mass is 32.2. The first-order chi connectivity index (χ1) is 7.29. The molecule has 4 heteroatoms. The lowest BCUT2D eigenvalue weighted by Gasteiger charge is -2.37. The van der Waals surface area contributed by atoms with Gasteiger partial charge in [-0.2, -0.15) is 0 Å². The zero-order chi connectivity index (χ0) is 12.5. The van der Waals surface area contributed by atoms with Crippen molar-refractivity contribution in [2.45, 2.75) is 45.8 Å². The Morgan fingerprint density at radius 3 is 2.25 bits per heavy atom. The molecule has 0 saturated heterocycles. The molecule has 1 saturated carbocycles. The Balaban J connectivity index is 2.91. The summed E-state index contributed by atoms with van der Waals surface area (Å²) < 4.78 is 23.7. The molecule has 0 aromatic carbocycles. The molecule has 0 spiro atoms. The number of sulfone groups is 1. The molecule has 4 atom stereocenters. The Morgan fingerprint density at radius 1 is 1.25 bits per heavy atom. The van der Waals surface area contributed by atoms with Crippen LogP contribution in [0.25, 0.3) is 0 Å². The highest BCUT2D eigenvalue weighted by molar-refractivity contribution is 7.92. The lowest BCUT2D eigenvalue weighted by atomic mass is 9.72. The molecular formula is C12H22O3S. The zero-order valence-corrected chi connectivity index (χ0v) is 11.4. The van der Waals surface area contributed by atoms with Gasteiger partial charge < -0.3 is 0 Å². The molecule has 94 valence electrons. The van der Waals surface area contributed by atoms with Gasteiger partial charge in [0.2, 0.25) is 0 Å². The van der Waals surface area contributed by atoms with Gasteiger partial charge in [-0.15, -0.1) is 0 Å². The maximum atomic E-state index is 11.9. The van der Waals surface area contributed by atoms with E-state index in [1.807, 2.05) is 0 Å². The van der Waals surface area contributed by atoms with Crippen LogP contribution in [-0.2, 0) is 14.6 Å². The second-order valence-electron chi connectivity index (χ2n) is 5.10. The van der Waals surface area contributed by atoms with Crippen molar-refractivity contribution < 1.29 is 13.2 Å². The number of carbonyl (C=O) groups excluding carboxylic acids is 1. The number of rotatable bonds is 3. The van der Waals surface area contributed by atoms with Gasteiger partial charge in [-0.1, -0.05) is 20.8 Å². The van der Waals surface area contributed by atoms with Gasteiger partial charge in [0.25, 0.3) is 0 Å². The predicted octanol–water partition coefficient (Wildman–Crippen LogP) is 2.06. The third kappa shape index (κ3) is 2.65. The van der Waals surface area contributed by atoms with Crippen molar-refractivity contribution >= 4 is 15.6 Å². The summed E-state index contributed by atoms with van der Waals surface area (Å²) in [6, 6.07) is 0. The maximum absolute atomic E-state index is 11.9. The van der Waals surface area contributed by atoms with Crippen LogP contribution < -0.4 is 0 Å². The maximum Gasteiger partial charge on any atom is 0.152 e. The summed E-state index contributed by atoms with van der Waals surface area (Å²) in [6.45, 7) is 7.37. The topological polar surface area (TPSA) is 51.2 Å². The Labute approximate surface area is 98.5 Å². The van der Waals surface area contributed by atoms with E-state index in [0.717, 1.165) is 0 Å². The molecule has 0 radical (unpaired) electrons. The minimum atomic E-state index is -3.00. The summed E-state index contributed by atoms with van der Waals surface area (Å²) in [4.78, 5) is 11.5. The predicted molar refractivity (Wildman–Crippen MR) is 65.0 cm³/mol. The van der Waals surface area contributed by atoms with Crippen molar-refractivity contribution in [3.63, 3.8) is 0 Å². The van der Waals surface area contributed by atoms with Crippen LogP contribution >= 0.6 is 0 Å². The van der Waals surface area contributed by atoms with Crippen LogP contribution in [0.5, 0.6) is 0 Å². The molecule has 4 unspecified atom stereocenters. The summed E-state index contributed by atoms with van der Waals surface area (Å²) in [7, 11) is -3.00. The van der Waals surface area contributed by atoms with Gasteiger partial charge in [0.15, 0.2) is 9.84 Å². The molecule has 0 bridgehead atoms. The van der Waals surface area contributed by atoms with Crippen LogP contribution in [0.15, 0.2) is 0 Å². The molecule has 0 aromatic heterocycles. The van der Waals surface area contributed by atoms with Crippen LogP contribution in [0, 0.1) is 17.8 Å². The van der Waals surface area contributed by atoms with Crippen molar-refractivity contribution in [1.29, 1.82) is 0 Å². The van der Waals surface area contributed by atoms with Gasteiger partial charge in [0.05, 0.1) is 5.25 Å². The van der Waals surface area contributed by atoms with Crippen LogP contribution in [-0.4, -0.2) is 25.2 Å². The van der Waals surface area contributed by atoms with E-state index in [9.17, 15) is 13.2 Å². The van der Waals surface area contributed by atoms with E-state index in [1.54, 1.807) is 13.8 Å². The number of hydrogen-bond acceptors (Lipinski definition) is 3. The van der Waals surface area contributed by atoms with Gasteiger partial charge in [-0.05, 0) is 31.6 Å². The average Bonchev–Trinajstić information content (AvgIpc) is 2.21. The molecule has 0 amide bonds. The van der Waals surface area contributed by atoms with Crippen molar-refractivity contribution in [2.75, 3.05) is 5.75 Å². The van der Waals surface area contributed by atoms with Gasteiger partial charge in [0.1, 0.15) is 5.78 Å². The second-order valence-corrected chi connectivity index (χ2v) is 7.67. The quantitative estimate of drug-likeness (QED) is 0.766. The fraction of sp³-hybridized carbons (Fsp3) is 0.917. The first-order valence-electron chi connectivity index (χ1n) is 6.01. The summed E-state index contributed by atoms with van der Waals surface area (Å²) in [5, 5.41) is -0.308. The Kier molecular flexibility index (Phi) is 4.16. The van der Waals surface area contributed by atoms with E-state index >= 15 is 0 Å². The molecule has 0 aliphatic heterocycles. The fourth-order valence-corrected chi connectivity index (χ4v) is 4.25. The zero-order valence-electron chi connectivity index (χ0n) is 10.6. The smallest absolute Gasteiger partial charge is 0.152 e. The van der Waals surface area contributed by atoms with E-state index in [1.165, 1.54) is 0 Å². The Morgan fingerprint density at radius 2 is 1.81 bits per heavy atom. The van der Waals surface area contributed by atoms with E-state index in [-0.39, 0.29) is 22.7 Å². The van der Waals surface area contributed by atoms with E-state index in [0.29, 0.717) is 24.7 Å². The van der Waals surface area contributed by atoms with Crippen molar-refractivity contribution in [3.8, 4) is 0 Å². The molecule has 1 rings (SSSR count). The first-order valence-corrected chi connectivity index (χ1v) is 7.73. The monoisotopic (exact) mass is 246 g/mol. The molecule has 0 heterocycles. The third-order valence-corrected chi connectivity index (χ3v) is 6.32. The average molecular weight is 246 g/mol. The van der Waals surface area contributed by atoms with E-state index in [4.69, 9.17) is 0 Å². The number of carbonyl (C=O) groups is 1. The third-order valence-electron chi connectivity index (χ3n) is 4.12. The minimum Gasteiger partial charge on any atom is -0.300 e. The number of hydrogen-bond donors (Lipinski definition) is 0. The molecule has 0 aromatic rings. The highest BCUT2D eigenvalue weighted by Gasteiger charge is 2.39. The van der Waals surface area contributed by atoms with Gasteiger partial charge in [-0.25, -0.2) is 8.42 Å². The van der Waals surface area contributed by atoms with Crippen molar-refractivity contribution in [2.24, 2.45) is 17.8 Å². The van der Waals surface area contributed by atoms with Crippen molar-refractivity contribution in [3.05, 3.63) is 0 Å². The van der Waals surface area contributed by atoms with Gasteiger partial charge >= 0.3 is 0 Å². The van der Waals surface area contributed by atoms with Gasteiger partial charge in [0, 0.05) is 11.7 Å². The van der Waals surface area contributed by atoms with Crippen LogP contribution in [0.3, 0.4) is 0 Å². The van der Waals surface area contributed by atoms with Crippen molar-refractivity contribution in [1.82, 2.24) is 0 Å². The summed E-state index contributed by atoms with van der Waals surface area (Å²) in [5.41, 5.74) is 0. The molecule has 1 fully saturated rings. The molecule has 16 heavy (non-hydrogen) atoms. The molecule has 1 aliphatic rings. The minimum absolute atomic E-state index is 0.0740. The normalized spacial score (nSPS) is 36.0. The lowest BCUT2D eigenvalue weighted by molar-refractivity contribution is -0.123. The Hall–Kier alpha value is -0.380. The number of Topliss-reactive ketones (excluding diaryl/α,β-unsaturated/α-hetero) is 1. The standard InChI is InChI=1S/C12H22O3S/c1-5-16(14,15)11-6-8(2)9(3)12(7-11)10(4)13/h8-9,11-12H,5-7H2,1-4H3. The van der Waals surface area contributed by atoms with Crippen LogP contribution in [0.4, 0.5) is 0 Å². The van der Waals surface area contributed by atoms with Crippen LogP contribution in [0.2, 0.25) is 0 Å². The molecular weight excluding hydrogens is 224 g/mol. The molecule has 1 aliphatic carbocycles.